The molecule has 0 heterocycles. The van der Waals surface area contributed by atoms with Gasteiger partial charge in [0.25, 0.3) is 0 Å². The Labute approximate surface area is 195 Å². The zero-order valence-electron chi connectivity index (χ0n) is 16.0. The molecule has 0 aliphatic carbocycles. The summed E-state index contributed by atoms with van der Waals surface area (Å²) in [5.41, 5.74) is 1.15. The molecule has 4 amide bonds. The molecule has 6 nitrogen and oxygen atoms in total. The van der Waals surface area contributed by atoms with Crippen LogP contribution >= 0.6 is 46.4 Å². The van der Waals surface area contributed by atoms with Crippen LogP contribution in [0.5, 0.6) is 0 Å². The Bertz CT molecular complexity index is 808. The average Bonchev–Trinajstić information content (AvgIpc) is 2.69. The first-order valence-electron chi connectivity index (χ1n) is 9.35. The van der Waals surface area contributed by atoms with Crippen molar-refractivity contribution in [2.24, 2.45) is 0 Å². The lowest BCUT2D eigenvalue weighted by Gasteiger charge is -2.09. The highest BCUT2D eigenvalue weighted by Crippen LogP contribution is 2.25. The molecule has 162 valence electrons. The summed E-state index contributed by atoms with van der Waals surface area (Å²) in [5.74, 6) is 0. The fraction of sp³-hybridized carbons (Fsp3) is 0.300. The van der Waals surface area contributed by atoms with E-state index < -0.39 is 0 Å². The van der Waals surface area contributed by atoms with Gasteiger partial charge in [-0.3, -0.25) is 0 Å². The second kappa shape index (κ2) is 12.7. The summed E-state index contributed by atoms with van der Waals surface area (Å²) in [6.07, 6.45) is 3.54. The third kappa shape index (κ3) is 8.88. The molecular formula is C20H22Cl4N4O2. The van der Waals surface area contributed by atoms with Crippen molar-refractivity contribution in [1.82, 2.24) is 10.6 Å². The predicted octanol–water partition coefficient (Wildman–Crippen LogP) is 6.80. The number of carbonyl (C=O) groups excluding carboxylic acids is 2. The Hall–Kier alpha value is -1.86. The van der Waals surface area contributed by atoms with Crippen molar-refractivity contribution in [3.63, 3.8) is 0 Å². The molecule has 30 heavy (non-hydrogen) atoms. The summed E-state index contributed by atoms with van der Waals surface area (Å²) in [6, 6.07) is 9.19. The van der Waals surface area contributed by atoms with Gasteiger partial charge in [-0.15, -0.1) is 0 Å². The van der Waals surface area contributed by atoms with E-state index in [0.717, 1.165) is 25.7 Å². The molecule has 2 aromatic carbocycles. The molecule has 0 spiro atoms. The lowest BCUT2D eigenvalue weighted by molar-refractivity contribution is 0.250. The summed E-state index contributed by atoms with van der Waals surface area (Å²) in [6.45, 7) is 1.11. The number of hydrogen-bond acceptors (Lipinski definition) is 2. The van der Waals surface area contributed by atoms with Crippen molar-refractivity contribution in [3.05, 3.63) is 56.5 Å². The number of hydrogen-bond donors (Lipinski definition) is 4. The van der Waals surface area contributed by atoms with E-state index in [2.05, 4.69) is 21.3 Å². The third-order valence-corrected chi connectivity index (χ3v) is 5.51. The van der Waals surface area contributed by atoms with Crippen LogP contribution < -0.4 is 21.3 Å². The zero-order valence-corrected chi connectivity index (χ0v) is 19.1. The molecule has 0 radical (unpaired) electrons. The number of anilines is 2. The Balaban J connectivity index is 1.50. The minimum Gasteiger partial charge on any atom is -0.338 e. The molecule has 0 aliphatic heterocycles. The van der Waals surface area contributed by atoms with E-state index in [0.29, 0.717) is 44.6 Å². The molecule has 0 saturated heterocycles. The van der Waals surface area contributed by atoms with Gasteiger partial charge < -0.3 is 21.3 Å². The summed E-state index contributed by atoms with van der Waals surface area (Å²) in [7, 11) is 0. The number of nitrogens with one attached hydrogen (secondary N) is 4. The Morgan fingerprint density at radius 1 is 0.600 bits per heavy atom. The van der Waals surface area contributed by atoms with Gasteiger partial charge in [-0.1, -0.05) is 59.2 Å². The normalized spacial score (nSPS) is 10.4. The van der Waals surface area contributed by atoms with E-state index in [-0.39, 0.29) is 12.1 Å². The Kier molecular flexibility index (Phi) is 10.4. The maximum absolute atomic E-state index is 11.8. The summed E-state index contributed by atoms with van der Waals surface area (Å²) >= 11 is 23.5. The molecule has 2 rings (SSSR count). The van der Waals surface area contributed by atoms with Crippen molar-refractivity contribution in [2.75, 3.05) is 23.7 Å². The van der Waals surface area contributed by atoms with Crippen LogP contribution in [-0.4, -0.2) is 25.2 Å². The molecule has 4 N–H and O–H groups in total. The van der Waals surface area contributed by atoms with Gasteiger partial charge in [0.1, 0.15) is 0 Å². The fourth-order valence-electron chi connectivity index (χ4n) is 2.51. The van der Waals surface area contributed by atoms with Crippen LogP contribution in [0.2, 0.25) is 20.1 Å². The summed E-state index contributed by atoms with van der Waals surface area (Å²) in [5, 5.41) is 12.6. The van der Waals surface area contributed by atoms with E-state index >= 15 is 0 Å². The maximum atomic E-state index is 11.8. The highest BCUT2D eigenvalue weighted by molar-refractivity contribution is 6.42. The van der Waals surface area contributed by atoms with Crippen molar-refractivity contribution in [2.45, 2.75) is 25.7 Å². The number of amides is 4. The number of unbranched alkanes of at least 4 members (excludes halogenated alkanes) is 3. The fourth-order valence-corrected chi connectivity index (χ4v) is 3.10. The van der Waals surface area contributed by atoms with Crippen molar-refractivity contribution >= 4 is 69.8 Å². The van der Waals surface area contributed by atoms with E-state index in [1.165, 1.54) is 0 Å². The van der Waals surface area contributed by atoms with Crippen LogP contribution in [0.3, 0.4) is 0 Å². The highest BCUT2D eigenvalue weighted by Gasteiger charge is 2.05. The van der Waals surface area contributed by atoms with Crippen LogP contribution in [0, 0.1) is 0 Å². The highest BCUT2D eigenvalue weighted by atomic mass is 35.5. The Morgan fingerprint density at radius 2 is 1.00 bits per heavy atom. The predicted molar refractivity (Wildman–Crippen MR) is 125 cm³/mol. The third-order valence-electron chi connectivity index (χ3n) is 4.03. The Morgan fingerprint density at radius 3 is 1.37 bits per heavy atom. The molecule has 0 fully saturated rings. The summed E-state index contributed by atoms with van der Waals surface area (Å²) < 4.78 is 0. The van der Waals surface area contributed by atoms with Gasteiger partial charge in [0.2, 0.25) is 0 Å². The standard InChI is InChI=1S/C20H22Cl4N4O2/c21-15-7-5-13(11-17(15)23)27-19(29)25-9-3-1-2-4-10-26-20(30)28-14-6-8-16(22)18(24)12-14/h5-8,11-12H,1-4,9-10H2,(H2,25,27,29)(H2,26,28,30). The van der Waals surface area contributed by atoms with Gasteiger partial charge in [0.15, 0.2) is 0 Å². The second-order valence-electron chi connectivity index (χ2n) is 6.43. The lowest BCUT2D eigenvalue weighted by atomic mass is 10.2. The van der Waals surface area contributed by atoms with E-state index in [9.17, 15) is 9.59 Å². The number of urea groups is 2. The summed E-state index contributed by atoms with van der Waals surface area (Å²) in [4.78, 5) is 23.7. The molecule has 0 bridgehead atoms. The first-order chi connectivity index (χ1) is 14.3. The van der Waals surface area contributed by atoms with E-state index in [1.807, 2.05) is 0 Å². The van der Waals surface area contributed by atoms with Crippen molar-refractivity contribution < 1.29 is 9.59 Å². The monoisotopic (exact) mass is 490 g/mol. The van der Waals surface area contributed by atoms with Crippen LogP contribution in [0.25, 0.3) is 0 Å². The number of carbonyl (C=O) groups is 2. The quantitative estimate of drug-likeness (QED) is 0.291. The molecule has 0 saturated carbocycles. The maximum Gasteiger partial charge on any atom is 0.319 e. The number of halogens is 4. The first kappa shape index (κ1) is 24.4. The molecule has 0 aliphatic rings. The minimum atomic E-state index is -0.297. The van der Waals surface area contributed by atoms with Gasteiger partial charge >= 0.3 is 12.1 Å². The van der Waals surface area contributed by atoms with Gasteiger partial charge in [0, 0.05) is 24.5 Å². The smallest absolute Gasteiger partial charge is 0.319 e. The molecule has 2 aromatic rings. The first-order valence-corrected chi connectivity index (χ1v) is 10.9. The second-order valence-corrected chi connectivity index (χ2v) is 8.06. The van der Waals surface area contributed by atoms with E-state index in [4.69, 9.17) is 46.4 Å². The lowest BCUT2D eigenvalue weighted by Crippen LogP contribution is -2.30. The average molecular weight is 492 g/mol. The number of rotatable bonds is 9. The molecule has 0 atom stereocenters. The molecular weight excluding hydrogens is 470 g/mol. The van der Waals surface area contributed by atoms with Crippen LogP contribution in [0.4, 0.5) is 21.0 Å². The van der Waals surface area contributed by atoms with Crippen molar-refractivity contribution in [3.8, 4) is 0 Å². The SMILES string of the molecule is O=C(NCCCCCCNC(=O)Nc1ccc(Cl)c(Cl)c1)Nc1ccc(Cl)c(Cl)c1. The topological polar surface area (TPSA) is 82.3 Å². The van der Waals surface area contributed by atoms with Gasteiger partial charge in [-0.05, 0) is 49.2 Å². The minimum absolute atomic E-state index is 0.297. The molecule has 0 aromatic heterocycles. The van der Waals surface area contributed by atoms with Crippen LogP contribution in [-0.2, 0) is 0 Å². The van der Waals surface area contributed by atoms with Gasteiger partial charge in [-0.2, -0.15) is 0 Å². The van der Waals surface area contributed by atoms with Gasteiger partial charge in [-0.25, -0.2) is 9.59 Å². The number of benzene rings is 2. The van der Waals surface area contributed by atoms with Gasteiger partial charge in [0.05, 0.1) is 20.1 Å². The van der Waals surface area contributed by atoms with Crippen LogP contribution in [0.15, 0.2) is 36.4 Å². The van der Waals surface area contributed by atoms with Crippen LogP contribution in [0.1, 0.15) is 25.7 Å². The zero-order chi connectivity index (χ0) is 21.9. The van der Waals surface area contributed by atoms with E-state index in [1.54, 1.807) is 36.4 Å². The molecule has 10 heteroatoms. The largest absolute Gasteiger partial charge is 0.338 e. The molecule has 0 unspecified atom stereocenters. The van der Waals surface area contributed by atoms with Crippen molar-refractivity contribution in [1.29, 1.82) is 0 Å².